The van der Waals surface area contributed by atoms with E-state index in [1.807, 2.05) is 26.0 Å². The summed E-state index contributed by atoms with van der Waals surface area (Å²) in [5, 5.41) is 4.07. The minimum atomic E-state index is -3.66. The number of fused-ring (bicyclic) bond motifs is 1. The monoisotopic (exact) mass is 375 g/mol. The van der Waals surface area contributed by atoms with E-state index in [2.05, 4.69) is 5.32 Å². The zero-order chi connectivity index (χ0) is 19.1. The molecule has 26 heavy (non-hydrogen) atoms. The number of sulfonamides is 1. The van der Waals surface area contributed by atoms with Crippen LogP contribution in [-0.2, 0) is 14.8 Å². The lowest BCUT2D eigenvalue weighted by atomic mass is 9.81. The van der Waals surface area contributed by atoms with Crippen LogP contribution in [0, 0.1) is 5.41 Å². The molecule has 1 heterocycles. The van der Waals surface area contributed by atoms with Gasteiger partial charge in [-0.05, 0) is 24.0 Å². The van der Waals surface area contributed by atoms with Gasteiger partial charge in [-0.1, -0.05) is 38.1 Å². The Hall–Kier alpha value is -1.96. The van der Waals surface area contributed by atoms with E-state index in [4.69, 9.17) is 5.73 Å². The van der Waals surface area contributed by atoms with Crippen LogP contribution in [0.3, 0.4) is 0 Å². The molecule has 3 rings (SSSR count). The van der Waals surface area contributed by atoms with E-state index >= 15 is 0 Å². The van der Waals surface area contributed by atoms with Crippen LogP contribution in [0.1, 0.15) is 27.2 Å². The fraction of sp³-hybridized carbons (Fsp3) is 0.421. The second-order valence-electron chi connectivity index (χ2n) is 7.56. The standard InChI is InChI=1S/C19H25N3O3S/c1-13(23)21-16-8-9-17(15-7-5-4-6-14(15)16)26(24,25)22-11-10-18(20)19(2,3)12-22/h4-9,18H,10-12,20H2,1-3H3,(H,21,23). The van der Waals surface area contributed by atoms with Crippen molar-refractivity contribution in [3.63, 3.8) is 0 Å². The van der Waals surface area contributed by atoms with Gasteiger partial charge < -0.3 is 11.1 Å². The SMILES string of the molecule is CC(=O)Nc1ccc(S(=O)(=O)N2CCC(N)C(C)(C)C2)c2ccccc12. The summed E-state index contributed by atoms with van der Waals surface area (Å²) in [6.45, 7) is 6.22. The van der Waals surface area contributed by atoms with Crippen molar-refractivity contribution in [1.82, 2.24) is 4.31 Å². The predicted octanol–water partition coefficient (Wildman–Crippen LogP) is 2.55. The first-order valence-corrected chi connectivity index (χ1v) is 10.1. The van der Waals surface area contributed by atoms with Crippen LogP contribution in [0.5, 0.6) is 0 Å². The fourth-order valence-electron chi connectivity index (χ4n) is 3.46. The van der Waals surface area contributed by atoms with Crippen molar-refractivity contribution >= 4 is 32.4 Å². The lowest BCUT2D eigenvalue weighted by Gasteiger charge is -2.41. The van der Waals surface area contributed by atoms with Crippen molar-refractivity contribution < 1.29 is 13.2 Å². The van der Waals surface area contributed by atoms with E-state index in [-0.39, 0.29) is 22.3 Å². The fourth-order valence-corrected chi connectivity index (χ4v) is 5.29. The molecule has 1 aliphatic heterocycles. The number of carbonyl (C=O) groups excluding carboxylic acids is 1. The van der Waals surface area contributed by atoms with Crippen LogP contribution in [0.15, 0.2) is 41.3 Å². The van der Waals surface area contributed by atoms with Gasteiger partial charge in [0.1, 0.15) is 0 Å². The molecule has 2 aromatic carbocycles. The summed E-state index contributed by atoms with van der Waals surface area (Å²) in [7, 11) is -3.66. The Labute approximate surface area is 154 Å². The van der Waals surface area contributed by atoms with Crippen molar-refractivity contribution in [2.75, 3.05) is 18.4 Å². The zero-order valence-electron chi connectivity index (χ0n) is 15.3. The second kappa shape index (κ2) is 6.64. The van der Waals surface area contributed by atoms with Crippen LogP contribution in [0.25, 0.3) is 10.8 Å². The molecule has 1 atom stereocenters. The first-order valence-electron chi connectivity index (χ1n) is 8.68. The summed E-state index contributed by atoms with van der Waals surface area (Å²) in [6.07, 6.45) is 0.633. The predicted molar refractivity (Wildman–Crippen MR) is 103 cm³/mol. The van der Waals surface area contributed by atoms with Gasteiger partial charge >= 0.3 is 0 Å². The highest BCUT2D eigenvalue weighted by atomic mass is 32.2. The van der Waals surface area contributed by atoms with Crippen LogP contribution < -0.4 is 11.1 Å². The zero-order valence-corrected chi connectivity index (χ0v) is 16.1. The quantitative estimate of drug-likeness (QED) is 0.862. The first kappa shape index (κ1) is 18.8. The lowest BCUT2D eigenvalue weighted by molar-refractivity contribution is -0.114. The van der Waals surface area contributed by atoms with E-state index in [1.54, 1.807) is 24.3 Å². The van der Waals surface area contributed by atoms with Gasteiger partial charge in [0.05, 0.1) is 4.90 Å². The molecule has 0 radical (unpaired) electrons. The Morgan fingerprint density at radius 1 is 1.19 bits per heavy atom. The van der Waals surface area contributed by atoms with Crippen molar-refractivity contribution in [1.29, 1.82) is 0 Å². The van der Waals surface area contributed by atoms with Gasteiger partial charge in [0.2, 0.25) is 15.9 Å². The number of amides is 1. The Balaban J connectivity index is 2.09. The molecular formula is C19H25N3O3S. The molecule has 1 unspecified atom stereocenters. The number of anilines is 1. The Kier molecular flexibility index (Phi) is 4.81. The third kappa shape index (κ3) is 3.34. The number of rotatable bonds is 3. The number of piperidine rings is 1. The van der Waals surface area contributed by atoms with Crippen molar-refractivity contribution in [2.45, 2.75) is 38.1 Å². The highest BCUT2D eigenvalue weighted by molar-refractivity contribution is 7.89. The summed E-state index contributed by atoms with van der Waals surface area (Å²) in [5.74, 6) is -0.197. The molecule has 1 amide bonds. The smallest absolute Gasteiger partial charge is 0.243 e. The number of hydrogen-bond acceptors (Lipinski definition) is 4. The minimum absolute atomic E-state index is 0.0205. The van der Waals surface area contributed by atoms with Crippen LogP contribution in [0.4, 0.5) is 5.69 Å². The van der Waals surface area contributed by atoms with Gasteiger partial charge in [0.15, 0.2) is 0 Å². The van der Waals surface area contributed by atoms with Crippen LogP contribution in [-0.4, -0.2) is 37.8 Å². The summed E-state index contributed by atoms with van der Waals surface area (Å²) in [4.78, 5) is 11.7. The number of nitrogens with two attached hydrogens (primary N) is 1. The van der Waals surface area contributed by atoms with Gasteiger partial charge in [-0.25, -0.2) is 8.42 Å². The molecule has 0 aromatic heterocycles. The summed E-state index contributed by atoms with van der Waals surface area (Å²) < 4.78 is 28.2. The van der Waals surface area contributed by atoms with Crippen LogP contribution >= 0.6 is 0 Å². The molecule has 3 N–H and O–H groups in total. The number of hydrogen-bond donors (Lipinski definition) is 2. The maximum absolute atomic E-state index is 13.3. The molecule has 1 aliphatic rings. The largest absolute Gasteiger partial charge is 0.327 e. The number of carbonyl (C=O) groups is 1. The highest BCUT2D eigenvalue weighted by Crippen LogP contribution is 2.35. The molecule has 1 saturated heterocycles. The van der Waals surface area contributed by atoms with Gasteiger partial charge in [-0.3, -0.25) is 4.79 Å². The third-order valence-electron chi connectivity index (χ3n) is 5.09. The average Bonchev–Trinajstić information content (AvgIpc) is 2.57. The van der Waals surface area contributed by atoms with Gasteiger partial charge in [-0.15, -0.1) is 0 Å². The minimum Gasteiger partial charge on any atom is -0.327 e. The van der Waals surface area contributed by atoms with Crippen molar-refractivity contribution in [2.24, 2.45) is 11.1 Å². The first-order chi connectivity index (χ1) is 12.1. The number of benzene rings is 2. The van der Waals surface area contributed by atoms with E-state index in [1.165, 1.54) is 11.2 Å². The molecule has 1 fully saturated rings. The molecule has 0 saturated carbocycles. The number of nitrogens with zero attached hydrogens (tertiary/aromatic N) is 1. The summed E-state index contributed by atoms with van der Waals surface area (Å²) in [6, 6.07) is 10.4. The average molecular weight is 375 g/mol. The molecule has 7 heteroatoms. The van der Waals surface area contributed by atoms with E-state index in [0.29, 0.717) is 36.0 Å². The number of nitrogens with one attached hydrogen (secondary N) is 1. The molecule has 2 aromatic rings. The Morgan fingerprint density at radius 3 is 2.46 bits per heavy atom. The van der Waals surface area contributed by atoms with Crippen LogP contribution in [0.2, 0.25) is 0 Å². The summed E-state index contributed by atoms with van der Waals surface area (Å²) >= 11 is 0. The normalized spacial score (nSPS) is 20.8. The van der Waals surface area contributed by atoms with Crippen molar-refractivity contribution in [3.8, 4) is 0 Å². The molecule has 0 bridgehead atoms. The Morgan fingerprint density at radius 2 is 1.85 bits per heavy atom. The highest BCUT2D eigenvalue weighted by Gasteiger charge is 2.39. The Bertz CT molecular complexity index is 954. The molecular weight excluding hydrogens is 350 g/mol. The van der Waals surface area contributed by atoms with E-state index < -0.39 is 10.0 Å². The summed E-state index contributed by atoms with van der Waals surface area (Å²) in [5.41, 5.74) is 6.48. The molecule has 140 valence electrons. The van der Waals surface area contributed by atoms with Gasteiger partial charge in [0.25, 0.3) is 0 Å². The second-order valence-corrected chi connectivity index (χ2v) is 9.47. The molecule has 6 nitrogen and oxygen atoms in total. The van der Waals surface area contributed by atoms with E-state index in [9.17, 15) is 13.2 Å². The molecule has 0 aliphatic carbocycles. The van der Waals surface area contributed by atoms with Crippen molar-refractivity contribution in [3.05, 3.63) is 36.4 Å². The third-order valence-corrected chi connectivity index (χ3v) is 6.99. The molecule has 0 spiro atoms. The maximum Gasteiger partial charge on any atom is 0.243 e. The van der Waals surface area contributed by atoms with E-state index in [0.717, 1.165) is 0 Å². The maximum atomic E-state index is 13.3. The van der Waals surface area contributed by atoms with Gasteiger partial charge in [0, 0.05) is 42.5 Å². The van der Waals surface area contributed by atoms with Gasteiger partial charge in [-0.2, -0.15) is 4.31 Å². The topological polar surface area (TPSA) is 92.5 Å². The lowest BCUT2D eigenvalue weighted by Crippen LogP contribution is -2.53.